The van der Waals surface area contributed by atoms with Gasteiger partial charge in [-0.05, 0) is 30.3 Å². The van der Waals surface area contributed by atoms with Crippen LogP contribution in [0.3, 0.4) is 0 Å². The van der Waals surface area contributed by atoms with Gasteiger partial charge in [-0.25, -0.2) is 9.18 Å². The van der Waals surface area contributed by atoms with Crippen LogP contribution in [0.25, 0.3) is 0 Å². The van der Waals surface area contributed by atoms with Gasteiger partial charge in [-0.2, -0.15) is 0 Å². The maximum Gasteiger partial charge on any atom is 0.359 e. The van der Waals surface area contributed by atoms with E-state index in [2.05, 4.69) is 10.3 Å². The predicted octanol–water partition coefficient (Wildman–Crippen LogP) is 0.531. The fourth-order valence-electron chi connectivity index (χ4n) is 1.57. The van der Waals surface area contributed by atoms with E-state index in [9.17, 15) is 18.8 Å². The van der Waals surface area contributed by atoms with Crippen molar-refractivity contribution in [2.24, 2.45) is 7.05 Å². The topological polar surface area (TPSA) is 89.4 Å². The van der Waals surface area contributed by atoms with Crippen molar-refractivity contribution in [1.82, 2.24) is 15.6 Å². The predicted molar refractivity (Wildman–Crippen MR) is 74.1 cm³/mol. The van der Waals surface area contributed by atoms with Crippen molar-refractivity contribution in [3.05, 3.63) is 69.9 Å². The summed E-state index contributed by atoms with van der Waals surface area (Å²) in [5.41, 5.74) is 4.17. The number of nitrogens with zero attached hydrogens (tertiary/aromatic N) is 1. The molecule has 1 heterocycles. The molecule has 0 saturated heterocycles. The summed E-state index contributed by atoms with van der Waals surface area (Å²) in [6.45, 7) is 0. The summed E-state index contributed by atoms with van der Waals surface area (Å²) in [4.78, 5) is 39.1. The normalized spacial score (nSPS) is 10.1. The van der Waals surface area contributed by atoms with Gasteiger partial charge in [0.25, 0.3) is 5.91 Å². The number of rotatable bonds is 4. The molecular formula is C14H12FN3O4. The number of aryl methyl sites for hydroxylation is 1. The third kappa shape index (κ3) is 3.76. The zero-order valence-corrected chi connectivity index (χ0v) is 11.5. The van der Waals surface area contributed by atoms with E-state index in [0.717, 1.165) is 12.1 Å². The van der Waals surface area contributed by atoms with E-state index in [1.54, 1.807) is 0 Å². The van der Waals surface area contributed by atoms with Gasteiger partial charge in [0.15, 0.2) is 0 Å². The number of hydrogen-bond donors (Lipinski definition) is 2. The Morgan fingerprint density at radius 3 is 2.36 bits per heavy atom. The van der Waals surface area contributed by atoms with Gasteiger partial charge in [-0.15, -0.1) is 0 Å². The second kappa shape index (κ2) is 6.64. The number of amides is 1. The minimum absolute atomic E-state index is 0.130. The van der Waals surface area contributed by atoms with E-state index in [1.165, 1.54) is 42.1 Å². The van der Waals surface area contributed by atoms with Crippen LogP contribution in [0.1, 0.15) is 20.7 Å². The van der Waals surface area contributed by atoms with Gasteiger partial charge in [0.1, 0.15) is 5.82 Å². The first-order valence-electron chi connectivity index (χ1n) is 6.16. The van der Waals surface area contributed by atoms with Gasteiger partial charge in [0.2, 0.25) is 5.56 Å². The Hall–Kier alpha value is -3.00. The Morgan fingerprint density at radius 1 is 1.09 bits per heavy atom. The maximum absolute atomic E-state index is 12.7. The van der Waals surface area contributed by atoms with Crippen molar-refractivity contribution >= 4 is 11.9 Å². The highest BCUT2D eigenvalue weighted by Gasteiger charge is 2.10. The highest BCUT2D eigenvalue weighted by Crippen LogP contribution is 2.02. The van der Waals surface area contributed by atoms with Crippen molar-refractivity contribution in [2.75, 3.05) is 0 Å². The minimum atomic E-state index is -0.782. The molecule has 0 unspecified atom stereocenters. The highest BCUT2D eigenvalue weighted by atomic mass is 19.1. The van der Waals surface area contributed by atoms with Crippen molar-refractivity contribution < 1.29 is 18.8 Å². The number of carbonyl (C=O) groups is 2. The molecule has 2 aromatic rings. The van der Waals surface area contributed by atoms with Crippen LogP contribution < -0.4 is 16.6 Å². The van der Waals surface area contributed by atoms with Gasteiger partial charge in [0, 0.05) is 24.9 Å². The molecule has 0 saturated carbocycles. The zero-order valence-electron chi connectivity index (χ0n) is 11.5. The number of carbonyl (C=O) groups excluding carboxylic acids is 2. The fraction of sp³-hybridized carbons (Fsp3) is 0.0714. The molecule has 0 spiro atoms. The molecule has 1 aromatic carbocycles. The average molecular weight is 305 g/mol. The molecule has 0 radical (unpaired) electrons. The molecule has 7 nitrogen and oxygen atoms in total. The lowest BCUT2D eigenvalue weighted by Gasteiger charge is -2.08. The van der Waals surface area contributed by atoms with Gasteiger partial charge in [-0.1, -0.05) is 5.59 Å². The summed E-state index contributed by atoms with van der Waals surface area (Å²) in [5, 5.41) is 0. The molecule has 8 heteroatoms. The van der Waals surface area contributed by atoms with E-state index < -0.39 is 17.7 Å². The molecule has 0 fully saturated rings. The average Bonchev–Trinajstić information content (AvgIpc) is 2.50. The number of pyridine rings is 1. The number of aromatic nitrogens is 1. The molecule has 0 bridgehead atoms. The Labute approximate surface area is 124 Å². The molecule has 0 aliphatic rings. The minimum Gasteiger partial charge on any atom is -0.346 e. The summed E-state index contributed by atoms with van der Waals surface area (Å²) in [5.74, 6) is -1.85. The Bertz CT molecular complexity index is 755. The van der Waals surface area contributed by atoms with Crippen LogP contribution in [0.5, 0.6) is 0 Å². The zero-order chi connectivity index (χ0) is 16.1. The number of benzene rings is 1. The second-order valence-electron chi connectivity index (χ2n) is 4.32. The SMILES string of the molecule is Cn1cc(C(=O)ONNC(=O)c2ccc(F)cc2)ccc1=O. The lowest BCUT2D eigenvalue weighted by Crippen LogP contribution is -2.39. The highest BCUT2D eigenvalue weighted by molar-refractivity contribution is 5.94. The molecular weight excluding hydrogens is 293 g/mol. The van der Waals surface area contributed by atoms with Crippen molar-refractivity contribution in [3.8, 4) is 0 Å². The van der Waals surface area contributed by atoms with Crippen molar-refractivity contribution in [2.45, 2.75) is 0 Å². The van der Waals surface area contributed by atoms with Crippen molar-refractivity contribution in [3.63, 3.8) is 0 Å². The third-order valence-corrected chi connectivity index (χ3v) is 2.74. The first-order chi connectivity index (χ1) is 10.5. The number of nitrogens with one attached hydrogen (secondary N) is 2. The first kappa shape index (κ1) is 15.4. The lowest BCUT2D eigenvalue weighted by molar-refractivity contribution is 0.0136. The van der Waals surface area contributed by atoms with Crippen LogP contribution in [0.4, 0.5) is 4.39 Å². The summed E-state index contributed by atoms with van der Waals surface area (Å²) >= 11 is 0. The van der Waals surface area contributed by atoms with Gasteiger partial charge in [0.05, 0.1) is 5.56 Å². The Kier molecular flexibility index (Phi) is 4.64. The largest absolute Gasteiger partial charge is 0.359 e. The van der Waals surface area contributed by atoms with Crippen LogP contribution in [0.2, 0.25) is 0 Å². The molecule has 0 aliphatic heterocycles. The fourth-order valence-corrected chi connectivity index (χ4v) is 1.57. The second-order valence-corrected chi connectivity index (χ2v) is 4.32. The van der Waals surface area contributed by atoms with E-state index in [1.807, 2.05) is 5.59 Å². The number of hydrogen-bond acceptors (Lipinski definition) is 5. The van der Waals surface area contributed by atoms with E-state index in [0.29, 0.717) is 0 Å². The number of hydrazine groups is 1. The van der Waals surface area contributed by atoms with Crippen molar-refractivity contribution in [1.29, 1.82) is 0 Å². The third-order valence-electron chi connectivity index (χ3n) is 2.74. The molecule has 1 amide bonds. The smallest absolute Gasteiger partial charge is 0.346 e. The van der Waals surface area contributed by atoms with Crippen LogP contribution >= 0.6 is 0 Å². The van der Waals surface area contributed by atoms with Crippen LogP contribution in [0, 0.1) is 5.82 Å². The lowest BCUT2D eigenvalue weighted by atomic mass is 10.2. The molecule has 22 heavy (non-hydrogen) atoms. The molecule has 0 atom stereocenters. The maximum atomic E-state index is 12.7. The summed E-state index contributed by atoms with van der Waals surface area (Å²) < 4.78 is 13.9. The Balaban J connectivity index is 1.89. The quantitative estimate of drug-likeness (QED) is 0.804. The van der Waals surface area contributed by atoms with Gasteiger partial charge >= 0.3 is 5.97 Å². The van der Waals surface area contributed by atoms with Crippen LogP contribution in [0.15, 0.2) is 47.4 Å². The van der Waals surface area contributed by atoms with E-state index >= 15 is 0 Å². The monoisotopic (exact) mass is 305 g/mol. The molecule has 0 aliphatic carbocycles. The molecule has 114 valence electrons. The molecule has 1 aromatic heterocycles. The summed E-state index contributed by atoms with van der Waals surface area (Å²) in [7, 11) is 1.49. The molecule has 2 N–H and O–H groups in total. The van der Waals surface area contributed by atoms with Gasteiger partial charge in [-0.3, -0.25) is 15.0 Å². The first-order valence-corrected chi connectivity index (χ1v) is 6.16. The molecule has 2 rings (SSSR count). The van der Waals surface area contributed by atoms with E-state index in [4.69, 9.17) is 0 Å². The standard InChI is InChI=1S/C14H12FN3O4/c1-18-8-10(4-7-12(18)19)14(21)22-17-16-13(20)9-2-5-11(15)6-3-9/h2-8,17H,1H3,(H,16,20). The van der Waals surface area contributed by atoms with Crippen LogP contribution in [-0.2, 0) is 11.9 Å². The summed E-state index contributed by atoms with van der Waals surface area (Å²) in [6.07, 6.45) is 1.30. The van der Waals surface area contributed by atoms with Crippen LogP contribution in [-0.4, -0.2) is 16.4 Å². The number of halogens is 1. The Morgan fingerprint density at radius 2 is 1.73 bits per heavy atom. The van der Waals surface area contributed by atoms with Gasteiger partial charge < -0.3 is 9.40 Å². The van der Waals surface area contributed by atoms with E-state index in [-0.39, 0.29) is 16.7 Å². The summed E-state index contributed by atoms with van der Waals surface area (Å²) in [6, 6.07) is 7.33.